The van der Waals surface area contributed by atoms with E-state index < -0.39 is 6.17 Å². The summed E-state index contributed by atoms with van der Waals surface area (Å²) in [7, 11) is 1.88. The Balaban J connectivity index is 1.51. The molecule has 0 aliphatic carbocycles. The fraction of sp³-hybridized carbons (Fsp3) is 0.316. The Labute approximate surface area is 150 Å². The van der Waals surface area contributed by atoms with E-state index in [0.29, 0.717) is 25.3 Å². The van der Waals surface area contributed by atoms with E-state index in [1.54, 1.807) is 10.9 Å². The van der Waals surface area contributed by atoms with E-state index in [2.05, 4.69) is 21.5 Å². The zero-order valence-electron chi connectivity index (χ0n) is 14.5. The number of aromatic nitrogens is 3. The Morgan fingerprint density at radius 2 is 2.15 bits per heavy atom. The second-order valence-electron chi connectivity index (χ2n) is 6.70. The van der Waals surface area contributed by atoms with Crippen LogP contribution in [0.5, 0.6) is 0 Å². The van der Waals surface area contributed by atoms with Crippen molar-refractivity contribution in [2.45, 2.75) is 12.6 Å². The van der Waals surface area contributed by atoms with Crippen LogP contribution in [0.4, 0.5) is 10.2 Å². The van der Waals surface area contributed by atoms with Crippen LogP contribution < -0.4 is 5.32 Å². The number of carbonyl (C=O) groups excluding carboxylic acids is 1. The first-order valence-electron chi connectivity index (χ1n) is 8.62. The van der Waals surface area contributed by atoms with Gasteiger partial charge in [-0.15, -0.1) is 0 Å². The van der Waals surface area contributed by atoms with Crippen molar-refractivity contribution in [2.24, 2.45) is 7.05 Å². The van der Waals surface area contributed by atoms with Crippen molar-refractivity contribution in [1.29, 1.82) is 0 Å². The van der Waals surface area contributed by atoms with Crippen molar-refractivity contribution in [3.63, 3.8) is 0 Å². The summed E-state index contributed by atoms with van der Waals surface area (Å²) in [5.74, 6) is 0.330. The molecule has 3 heterocycles. The SMILES string of the molecule is Cn1cc(-c2ccc3cnc(NC(=O)CN4CCC(F)C4)cc3c2)cn1. The highest BCUT2D eigenvalue weighted by molar-refractivity contribution is 5.94. The van der Waals surface area contributed by atoms with Crippen molar-refractivity contribution < 1.29 is 9.18 Å². The minimum absolute atomic E-state index is 0.172. The number of amides is 1. The molecule has 1 aromatic carbocycles. The van der Waals surface area contributed by atoms with Gasteiger partial charge in [0.05, 0.1) is 12.7 Å². The number of alkyl halides is 1. The van der Waals surface area contributed by atoms with Crippen molar-refractivity contribution in [3.8, 4) is 11.1 Å². The summed E-state index contributed by atoms with van der Waals surface area (Å²) in [6.45, 7) is 1.14. The molecule has 7 heteroatoms. The molecular weight excluding hydrogens is 333 g/mol. The highest BCUT2D eigenvalue weighted by atomic mass is 19.1. The molecule has 1 amide bonds. The molecular formula is C19H20FN5O. The number of carbonyl (C=O) groups is 1. The van der Waals surface area contributed by atoms with Crippen molar-refractivity contribution in [3.05, 3.63) is 42.9 Å². The van der Waals surface area contributed by atoms with Gasteiger partial charge in [0.1, 0.15) is 12.0 Å². The van der Waals surface area contributed by atoms with E-state index in [-0.39, 0.29) is 12.5 Å². The van der Waals surface area contributed by atoms with Gasteiger partial charge >= 0.3 is 0 Å². The van der Waals surface area contributed by atoms with Gasteiger partial charge in [0.15, 0.2) is 0 Å². The Morgan fingerprint density at radius 1 is 1.27 bits per heavy atom. The van der Waals surface area contributed by atoms with E-state index in [0.717, 1.165) is 21.9 Å². The summed E-state index contributed by atoms with van der Waals surface area (Å²) in [4.78, 5) is 18.3. The Bertz CT molecular complexity index is 954. The Morgan fingerprint density at radius 3 is 2.88 bits per heavy atom. The van der Waals surface area contributed by atoms with Gasteiger partial charge in [-0.1, -0.05) is 12.1 Å². The maximum absolute atomic E-state index is 13.2. The van der Waals surface area contributed by atoms with E-state index >= 15 is 0 Å². The van der Waals surface area contributed by atoms with Crippen LogP contribution in [0.1, 0.15) is 6.42 Å². The van der Waals surface area contributed by atoms with Gasteiger partial charge in [-0.2, -0.15) is 5.10 Å². The highest BCUT2D eigenvalue weighted by Gasteiger charge is 2.23. The molecule has 1 saturated heterocycles. The lowest BCUT2D eigenvalue weighted by atomic mass is 10.1. The average molecular weight is 353 g/mol. The number of benzene rings is 1. The molecule has 0 spiro atoms. The number of pyridine rings is 1. The predicted molar refractivity (Wildman–Crippen MR) is 98.5 cm³/mol. The van der Waals surface area contributed by atoms with Crippen molar-refractivity contribution in [2.75, 3.05) is 25.0 Å². The van der Waals surface area contributed by atoms with Crippen LogP contribution in [0, 0.1) is 0 Å². The summed E-state index contributed by atoms with van der Waals surface area (Å²) in [5.41, 5.74) is 2.09. The normalized spacial score (nSPS) is 17.7. The third-order valence-electron chi connectivity index (χ3n) is 4.61. The van der Waals surface area contributed by atoms with Crippen LogP contribution in [-0.2, 0) is 11.8 Å². The lowest BCUT2D eigenvalue weighted by molar-refractivity contribution is -0.117. The quantitative estimate of drug-likeness (QED) is 0.783. The number of halogens is 1. The van der Waals surface area contributed by atoms with E-state index in [1.807, 2.05) is 42.5 Å². The molecule has 0 radical (unpaired) electrons. The van der Waals surface area contributed by atoms with Crippen LogP contribution in [0.15, 0.2) is 42.9 Å². The first-order chi connectivity index (χ1) is 12.6. The lowest BCUT2D eigenvalue weighted by Crippen LogP contribution is -2.32. The monoisotopic (exact) mass is 353 g/mol. The number of fused-ring (bicyclic) bond motifs is 1. The minimum Gasteiger partial charge on any atom is -0.310 e. The van der Waals surface area contributed by atoms with Crippen LogP contribution >= 0.6 is 0 Å². The van der Waals surface area contributed by atoms with Gasteiger partial charge in [-0.05, 0) is 29.5 Å². The predicted octanol–water partition coefficient (Wildman–Crippen LogP) is 2.62. The van der Waals surface area contributed by atoms with E-state index in [9.17, 15) is 9.18 Å². The number of hydrogen-bond acceptors (Lipinski definition) is 4. The maximum atomic E-state index is 13.2. The van der Waals surface area contributed by atoms with Crippen LogP contribution in [0.3, 0.4) is 0 Å². The second kappa shape index (κ2) is 6.84. The summed E-state index contributed by atoms with van der Waals surface area (Å²) in [5, 5.41) is 8.99. The Hall–Kier alpha value is -2.80. The van der Waals surface area contributed by atoms with Crippen LogP contribution in [0.25, 0.3) is 21.9 Å². The molecule has 1 atom stereocenters. The highest BCUT2D eigenvalue weighted by Crippen LogP contribution is 2.25. The molecule has 4 rings (SSSR count). The number of likely N-dealkylation sites (tertiary alicyclic amines) is 1. The van der Waals surface area contributed by atoms with Gasteiger partial charge in [-0.25, -0.2) is 9.37 Å². The smallest absolute Gasteiger partial charge is 0.239 e. The molecule has 3 aromatic rings. The maximum Gasteiger partial charge on any atom is 0.239 e. The zero-order chi connectivity index (χ0) is 18.1. The van der Waals surface area contributed by atoms with Gasteiger partial charge in [0.25, 0.3) is 0 Å². The molecule has 1 aliphatic rings. The summed E-state index contributed by atoms with van der Waals surface area (Å²) in [6, 6.07) is 7.94. The zero-order valence-corrected chi connectivity index (χ0v) is 14.5. The fourth-order valence-electron chi connectivity index (χ4n) is 3.27. The fourth-order valence-corrected chi connectivity index (χ4v) is 3.27. The second-order valence-corrected chi connectivity index (χ2v) is 6.70. The van der Waals surface area contributed by atoms with E-state index in [1.165, 1.54) is 0 Å². The minimum atomic E-state index is -0.826. The number of nitrogens with zero attached hydrogens (tertiary/aromatic N) is 4. The first-order valence-corrected chi connectivity index (χ1v) is 8.62. The van der Waals surface area contributed by atoms with Gasteiger partial charge in [-0.3, -0.25) is 14.4 Å². The summed E-state index contributed by atoms with van der Waals surface area (Å²) < 4.78 is 15.0. The number of rotatable bonds is 4. The molecule has 1 fully saturated rings. The third-order valence-corrected chi connectivity index (χ3v) is 4.61. The van der Waals surface area contributed by atoms with E-state index in [4.69, 9.17) is 0 Å². The van der Waals surface area contributed by atoms with Gasteiger partial charge in [0.2, 0.25) is 5.91 Å². The summed E-state index contributed by atoms with van der Waals surface area (Å²) in [6.07, 6.45) is 5.19. The number of anilines is 1. The average Bonchev–Trinajstić information content (AvgIpc) is 3.22. The third kappa shape index (κ3) is 3.57. The van der Waals surface area contributed by atoms with Gasteiger partial charge in [0, 0.05) is 43.5 Å². The van der Waals surface area contributed by atoms with Crippen molar-refractivity contribution in [1.82, 2.24) is 19.7 Å². The van der Waals surface area contributed by atoms with Crippen molar-refractivity contribution >= 4 is 22.5 Å². The lowest BCUT2D eigenvalue weighted by Gasteiger charge is -2.14. The van der Waals surface area contributed by atoms with Gasteiger partial charge < -0.3 is 5.32 Å². The van der Waals surface area contributed by atoms with Crippen LogP contribution in [0.2, 0.25) is 0 Å². The Kier molecular flexibility index (Phi) is 4.38. The molecule has 0 saturated carbocycles. The largest absolute Gasteiger partial charge is 0.310 e. The molecule has 2 aromatic heterocycles. The number of aryl methyl sites for hydroxylation is 1. The number of hydrogen-bond donors (Lipinski definition) is 1. The first kappa shape index (κ1) is 16.7. The molecule has 1 N–H and O–H groups in total. The summed E-state index contributed by atoms with van der Waals surface area (Å²) >= 11 is 0. The molecule has 1 unspecified atom stereocenters. The molecule has 1 aliphatic heterocycles. The molecule has 0 bridgehead atoms. The standard InChI is InChI=1S/C19H20FN5O/c1-24-10-16(9-22-24)13-2-3-14-8-21-18(7-15(14)6-13)23-19(26)12-25-5-4-17(20)11-25/h2-3,6-10,17H,4-5,11-12H2,1H3,(H,21,23,26). The van der Waals surface area contributed by atoms with Crippen LogP contribution in [-0.4, -0.2) is 51.4 Å². The number of nitrogens with one attached hydrogen (secondary N) is 1. The topological polar surface area (TPSA) is 63.1 Å². The molecule has 6 nitrogen and oxygen atoms in total. The molecule has 26 heavy (non-hydrogen) atoms. The molecule has 134 valence electrons.